The first-order chi connectivity index (χ1) is 14.1. The highest BCUT2D eigenvalue weighted by atomic mass is 16.5. The molecule has 29 heavy (non-hydrogen) atoms. The number of amides is 2. The molecule has 148 valence electrons. The summed E-state index contributed by atoms with van der Waals surface area (Å²) in [6, 6.07) is 18.3. The summed E-state index contributed by atoms with van der Waals surface area (Å²) in [5, 5.41) is 5.69. The standard InChI is InChI=1S/C23H23N3O3/c1-16-5-3-4-6-20(16)26-23(28)21-15-18(12-14-24-21)22(27)25-13-11-17-7-9-19(29-2)10-8-17/h3-10,12,14-15H,11,13H2,1-2H3,(H,25,27)(H,26,28). The first-order valence-corrected chi connectivity index (χ1v) is 9.31. The Labute approximate surface area is 169 Å². The number of nitrogens with zero attached hydrogens (tertiary/aromatic N) is 1. The number of aryl methyl sites for hydroxylation is 1. The fraction of sp³-hybridized carbons (Fsp3) is 0.174. The summed E-state index contributed by atoms with van der Waals surface area (Å²) < 4.78 is 5.14. The zero-order chi connectivity index (χ0) is 20.6. The van der Waals surface area contributed by atoms with E-state index in [2.05, 4.69) is 15.6 Å². The van der Waals surface area contributed by atoms with E-state index in [0.29, 0.717) is 24.2 Å². The highest BCUT2D eigenvalue weighted by molar-refractivity contribution is 6.05. The van der Waals surface area contributed by atoms with Gasteiger partial charge in [-0.25, -0.2) is 0 Å². The van der Waals surface area contributed by atoms with E-state index in [1.807, 2.05) is 55.5 Å². The third kappa shape index (κ3) is 5.42. The second-order valence-electron chi connectivity index (χ2n) is 6.55. The van der Waals surface area contributed by atoms with Crippen LogP contribution in [0.1, 0.15) is 32.0 Å². The summed E-state index contributed by atoms with van der Waals surface area (Å²) in [5.41, 5.74) is 3.35. The summed E-state index contributed by atoms with van der Waals surface area (Å²) in [6.45, 7) is 2.40. The second-order valence-corrected chi connectivity index (χ2v) is 6.55. The minimum atomic E-state index is -0.354. The molecule has 2 amide bonds. The van der Waals surface area contributed by atoms with Crippen LogP contribution in [0.2, 0.25) is 0 Å². The Kier molecular flexibility index (Phi) is 6.58. The molecule has 0 atom stereocenters. The Morgan fingerprint density at radius 3 is 2.48 bits per heavy atom. The van der Waals surface area contributed by atoms with E-state index in [1.165, 1.54) is 12.3 Å². The van der Waals surface area contributed by atoms with E-state index in [-0.39, 0.29) is 17.5 Å². The average molecular weight is 389 g/mol. The number of anilines is 1. The lowest BCUT2D eigenvalue weighted by Gasteiger charge is -2.09. The molecule has 6 nitrogen and oxygen atoms in total. The number of carbonyl (C=O) groups excluding carboxylic acids is 2. The van der Waals surface area contributed by atoms with Crippen LogP contribution >= 0.6 is 0 Å². The molecule has 3 rings (SSSR count). The van der Waals surface area contributed by atoms with Gasteiger partial charge in [0.2, 0.25) is 0 Å². The average Bonchev–Trinajstić information content (AvgIpc) is 2.76. The van der Waals surface area contributed by atoms with Crippen molar-refractivity contribution in [2.45, 2.75) is 13.3 Å². The molecule has 1 heterocycles. The van der Waals surface area contributed by atoms with Crippen LogP contribution < -0.4 is 15.4 Å². The highest BCUT2D eigenvalue weighted by Gasteiger charge is 2.12. The van der Waals surface area contributed by atoms with Crippen LogP contribution in [0.15, 0.2) is 66.9 Å². The number of hydrogen-bond acceptors (Lipinski definition) is 4. The molecule has 0 saturated carbocycles. The van der Waals surface area contributed by atoms with Crippen molar-refractivity contribution in [3.8, 4) is 5.75 Å². The third-order valence-corrected chi connectivity index (χ3v) is 4.51. The zero-order valence-corrected chi connectivity index (χ0v) is 16.4. The smallest absolute Gasteiger partial charge is 0.274 e. The van der Waals surface area contributed by atoms with E-state index in [1.54, 1.807) is 13.2 Å². The van der Waals surface area contributed by atoms with Gasteiger partial charge in [0.05, 0.1) is 7.11 Å². The quantitative estimate of drug-likeness (QED) is 0.647. The van der Waals surface area contributed by atoms with Crippen LogP contribution in [0.5, 0.6) is 5.75 Å². The number of benzene rings is 2. The molecule has 3 aromatic rings. The molecule has 0 aliphatic heterocycles. The van der Waals surface area contributed by atoms with Gasteiger partial charge in [0.1, 0.15) is 11.4 Å². The molecule has 0 bridgehead atoms. The van der Waals surface area contributed by atoms with Crippen molar-refractivity contribution in [2.24, 2.45) is 0 Å². The van der Waals surface area contributed by atoms with E-state index in [0.717, 1.165) is 16.9 Å². The molecular formula is C23H23N3O3. The van der Waals surface area contributed by atoms with E-state index in [9.17, 15) is 9.59 Å². The molecule has 0 spiro atoms. The van der Waals surface area contributed by atoms with Gasteiger partial charge in [0, 0.05) is 24.0 Å². The summed E-state index contributed by atoms with van der Waals surface area (Å²) in [5.74, 6) is 0.198. The Hall–Kier alpha value is -3.67. The number of para-hydroxylation sites is 1. The van der Waals surface area contributed by atoms with Crippen LogP contribution in [0, 0.1) is 6.92 Å². The Morgan fingerprint density at radius 1 is 1.00 bits per heavy atom. The van der Waals surface area contributed by atoms with E-state index >= 15 is 0 Å². The van der Waals surface area contributed by atoms with Gasteiger partial charge in [-0.1, -0.05) is 30.3 Å². The largest absolute Gasteiger partial charge is 0.497 e. The predicted octanol–water partition coefficient (Wildman–Crippen LogP) is 3.62. The van der Waals surface area contributed by atoms with Gasteiger partial charge in [-0.05, 0) is 54.8 Å². The van der Waals surface area contributed by atoms with Gasteiger partial charge in [-0.15, -0.1) is 0 Å². The molecular weight excluding hydrogens is 366 g/mol. The van der Waals surface area contributed by atoms with Gasteiger partial charge in [0.15, 0.2) is 0 Å². The zero-order valence-electron chi connectivity index (χ0n) is 16.4. The molecule has 0 aliphatic rings. The topological polar surface area (TPSA) is 80.3 Å². The monoisotopic (exact) mass is 389 g/mol. The normalized spacial score (nSPS) is 10.3. The molecule has 0 radical (unpaired) electrons. The lowest BCUT2D eigenvalue weighted by molar-refractivity contribution is 0.0954. The summed E-state index contributed by atoms with van der Waals surface area (Å²) in [4.78, 5) is 29.0. The fourth-order valence-corrected chi connectivity index (χ4v) is 2.81. The minimum Gasteiger partial charge on any atom is -0.497 e. The first-order valence-electron chi connectivity index (χ1n) is 9.31. The van der Waals surface area contributed by atoms with Gasteiger partial charge in [-0.3, -0.25) is 14.6 Å². The van der Waals surface area contributed by atoms with Crippen molar-refractivity contribution in [1.82, 2.24) is 10.3 Å². The number of hydrogen-bond donors (Lipinski definition) is 2. The Morgan fingerprint density at radius 2 is 1.76 bits per heavy atom. The number of carbonyl (C=O) groups is 2. The molecule has 0 saturated heterocycles. The maximum absolute atomic E-state index is 12.5. The fourth-order valence-electron chi connectivity index (χ4n) is 2.81. The van der Waals surface area contributed by atoms with E-state index in [4.69, 9.17) is 4.74 Å². The molecule has 6 heteroatoms. The maximum Gasteiger partial charge on any atom is 0.274 e. The number of aromatic nitrogens is 1. The van der Waals surface area contributed by atoms with Gasteiger partial charge >= 0.3 is 0 Å². The molecule has 0 fully saturated rings. The second kappa shape index (κ2) is 9.50. The SMILES string of the molecule is COc1ccc(CCNC(=O)c2ccnc(C(=O)Nc3ccccc3C)c2)cc1. The minimum absolute atomic E-state index is 0.191. The number of ether oxygens (including phenoxy) is 1. The van der Waals surface area contributed by atoms with Crippen molar-refractivity contribution in [3.05, 3.63) is 89.2 Å². The third-order valence-electron chi connectivity index (χ3n) is 4.51. The summed E-state index contributed by atoms with van der Waals surface area (Å²) in [6.07, 6.45) is 2.16. The van der Waals surface area contributed by atoms with Crippen LogP contribution in [0.4, 0.5) is 5.69 Å². The lowest BCUT2D eigenvalue weighted by atomic mass is 10.1. The first kappa shape index (κ1) is 20.1. The Bertz CT molecular complexity index is 1000. The van der Waals surface area contributed by atoms with Crippen LogP contribution in [-0.2, 0) is 6.42 Å². The highest BCUT2D eigenvalue weighted by Crippen LogP contribution is 2.15. The van der Waals surface area contributed by atoms with Crippen LogP contribution in [0.25, 0.3) is 0 Å². The number of nitrogens with one attached hydrogen (secondary N) is 2. The molecule has 2 aromatic carbocycles. The summed E-state index contributed by atoms with van der Waals surface area (Å²) in [7, 11) is 1.62. The lowest BCUT2D eigenvalue weighted by Crippen LogP contribution is -2.26. The molecule has 0 unspecified atom stereocenters. The van der Waals surface area contributed by atoms with Crippen LogP contribution in [0.3, 0.4) is 0 Å². The van der Waals surface area contributed by atoms with Gasteiger partial charge in [0.25, 0.3) is 11.8 Å². The van der Waals surface area contributed by atoms with Crippen molar-refractivity contribution in [2.75, 3.05) is 19.0 Å². The van der Waals surface area contributed by atoms with Gasteiger partial charge in [-0.2, -0.15) is 0 Å². The number of methoxy groups -OCH3 is 1. The molecule has 2 N–H and O–H groups in total. The van der Waals surface area contributed by atoms with Gasteiger partial charge < -0.3 is 15.4 Å². The number of pyridine rings is 1. The summed E-state index contributed by atoms with van der Waals surface area (Å²) >= 11 is 0. The predicted molar refractivity (Wildman–Crippen MR) is 112 cm³/mol. The van der Waals surface area contributed by atoms with Crippen molar-refractivity contribution in [1.29, 1.82) is 0 Å². The van der Waals surface area contributed by atoms with Crippen molar-refractivity contribution >= 4 is 17.5 Å². The number of rotatable bonds is 7. The van der Waals surface area contributed by atoms with Crippen molar-refractivity contribution in [3.63, 3.8) is 0 Å². The maximum atomic E-state index is 12.5. The van der Waals surface area contributed by atoms with Crippen molar-refractivity contribution < 1.29 is 14.3 Å². The van der Waals surface area contributed by atoms with Crippen LogP contribution in [-0.4, -0.2) is 30.5 Å². The molecule has 1 aromatic heterocycles. The Balaban J connectivity index is 1.58. The van der Waals surface area contributed by atoms with E-state index < -0.39 is 0 Å². The molecule has 0 aliphatic carbocycles.